The Bertz CT molecular complexity index is 1630. The van der Waals surface area contributed by atoms with E-state index < -0.39 is 6.04 Å². The average molecular weight is 533 g/mol. The van der Waals surface area contributed by atoms with Gasteiger partial charge in [-0.1, -0.05) is 12.1 Å². The van der Waals surface area contributed by atoms with Gasteiger partial charge in [-0.3, -0.25) is 9.69 Å². The third kappa shape index (κ3) is 5.11. The number of halogens is 1. The lowest BCUT2D eigenvalue weighted by Gasteiger charge is -2.30. The summed E-state index contributed by atoms with van der Waals surface area (Å²) in [6.07, 6.45) is 1.59. The highest BCUT2D eigenvalue weighted by atomic mass is 19.1. The van der Waals surface area contributed by atoms with E-state index in [2.05, 4.69) is 20.5 Å². The van der Waals surface area contributed by atoms with Crippen LogP contribution in [0.4, 0.5) is 4.39 Å². The third-order valence-corrected chi connectivity index (χ3v) is 6.58. The maximum absolute atomic E-state index is 13.7. The van der Waals surface area contributed by atoms with Gasteiger partial charge in [0, 0.05) is 30.7 Å². The third-order valence-electron chi connectivity index (χ3n) is 6.58. The van der Waals surface area contributed by atoms with Crippen LogP contribution in [0.25, 0.3) is 10.9 Å². The van der Waals surface area contributed by atoms with Gasteiger partial charge >= 0.3 is 0 Å². The summed E-state index contributed by atoms with van der Waals surface area (Å²) in [7, 11) is 1.59. The number of tetrazole rings is 1. The number of nitrogens with zero attached hydrogens (tertiary/aromatic N) is 5. The molecule has 39 heavy (non-hydrogen) atoms. The van der Waals surface area contributed by atoms with Gasteiger partial charge in [-0.25, -0.2) is 9.07 Å². The second-order valence-electron chi connectivity index (χ2n) is 9.11. The van der Waals surface area contributed by atoms with Crippen LogP contribution in [0.2, 0.25) is 0 Å². The molecule has 11 nitrogen and oxygen atoms in total. The molecule has 0 bridgehead atoms. The maximum atomic E-state index is 13.7. The zero-order chi connectivity index (χ0) is 26.8. The van der Waals surface area contributed by atoms with Gasteiger partial charge in [0.25, 0.3) is 5.56 Å². The fraction of sp³-hybridized carbons (Fsp3) is 0.259. The van der Waals surface area contributed by atoms with E-state index in [9.17, 15) is 9.18 Å². The molecule has 0 saturated heterocycles. The summed E-state index contributed by atoms with van der Waals surface area (Å²) in [4.78, 5) is 18.7. The summed E-state index contributed by atoms with van der Waals surface area (Å²) in [6, 6.07) is 14.6. The summed E-state index contributed by atoms with van der Waals surface area (Å²) in [5, 5.41) is 13.2. The van der Waals surface area contributed by atoms with Crippen molar-refractivity contribution in [2.75, 3.05) is 20.5 Å². The highest BCUT2D eigenvalue weighted by Crippen LogP contribution is 2.37. The molecule has 1 unspecified atom stereocenters. The molecule has 200 valence electrons. The number of nitrogens with one attached hydrogen (secondary N) is 1. The number of aromatic nitrogens is 5. The minimum Gasteiger partial charge on any atom is -0.468 e. The zero-order valence-electron chi connectivity index (χ0n) is 21.0. The van der Waals surface area contributed by atoms with E-state index in [1.165, 1.54) is 12.1 Å². The summed E-state index contributed by atoms with van der Waals surface area (Å²) < 4.78 is 37.3. The number of fused-ring (bicyclic) bond motifs is 2. The highest BCUT2D eigenvalue weighted by molar-refractivity contribution is 5.83. The molecule has 1 N–H and O–H groups in total. The average Bonchev–Trinajstić information content (AvgIpc) is 3.71. The number of pyridine rings is 1. The molecule has 0 aliphatic carbocycles. The molecular formula is C27H25FN6O5. The largest absolute Gasteiger partial charge is 0.468 e. The van der Waals surface area contributed by atoms with Gasteiger partial charge in [0.15, 0.2) is 17.3 Å². The number of furan rings is 1. The molecule has 12 heteroatoms. The standard InChI is InChI=1S/C27H25FN6O5/c1-36-10-8-34-26(30-31-32-34)25(21-11-18-12-23-24(39-16-38-23)13-22(18)29-27(21)35)33(15-20-3-2-9-37-20)14-17-4-6-19(28)7-5-17/h2-7,9,11-13,25H,8,10,14-16H2,1H3,(H,29,35). The molecule has 0 spiro atoms. The Morgan fingerprint density at radius 3 is 2.72 bits per heavy atom. The summed E-state index contributed by atoms with van der Waals surface area (Å²) in [5.41, 5.74) is 1.56. The number of benzene rings is 2. The van der Waals surface area contributed by atoms with Crippen LogP contribution >= 0.6 is 0 Å². The second-order valence-corrected chi connectivity index (χ2v) is 9.11. The van der Waals surface area contributed by atoms with Crippen molar-refractivity contribution in [3.05, 3.63) is 99.7 Å². The Hall–Kier alpha value is -4.55. The molecule has 3 aromatic heterocycles. The first-order valence-corrected chi connectivity index (χ1v) is 12.3. The van der Waals surface area contributed by atoms with E-state index in [-0.39, 0.29) is 18.2 Å². The Labute approximate surface area is 221 Å². The van der Waals surface area contributed by atoms with E-state index in [4.69, 9.17) is 18.6 Å². The van der Waals surface area contributed by atoms with Crippen molar-refractivity contribution in [2.24, 2.45) is 0 Å². The van der Waals surface area contributed by atoms with Crippen molar-refractivity contribution >= 4 is 10.9 Å². The zero-order valence-corrected chi connectivity index (χ0v) is 21.0. The molecular weight excluding hydrogens is 507 g/mol. The Morgan fingerprint density at radius 1 is 1.13 bits per heavy atom. The van der Waals surface area contributed by atoms with Crippen molar-refractivity contribution in [1.82, 2.24) is 30.1 Å². The van der Waals surface area contributed by atoms with Crippen LogP contribution in [-0.2, 0) is 24.4 Å². The fourth-order valence-corrected chi connectivity index (χ4v) is 4.73. The Balaban J connectivity index is 1.51. The number of rotatable bonds is 10. The smallest absolute Gasteiger partial charge is 0.253 e. The Kier molecular flexibility index (Phi) is 6.78. The van der Waals surface area contributed by atoms with Gasteiger partial charge < -0.3 is 23.6 Å². The lowest BCUT2D eigenvalue weighted by Crippen LogP contribution is -2.35. The van der Waals surface area contributed by atoms with E-state index in [1.807, 2.05) is 23.1 Å². The van der Waals surface area contributed by atoms with Crippen LogP contribution in [0.1, 0.15) is 28.8 Å². The number of aromatic amines is 1. The molecule has 5 aromatic rings. The second kappa shape index (κ2) is 10.7. The maximum Gasteiger partial charge on any atom is 0.253 e. The van der Waals surface area contributed by atoms with Crippen LogP contribution in [0.3, 0.4) is 0 Å². The molecule has 1 aliphatic heterocycles. The van der Waals surface area contributed by atoms with Gasteiger partial charge in [0.2, 0.25) is 6.79 Å². The van der Waals surface area contributed by atoms with E-state index in [0.717, 1.165) is 10.9 Å². The van der Waals surface area contributed by atoms with Crippen LogP contribution in [0, 0.1) is 5.82 Å². The van der Waals surface area contributed by atoms with Crippen molar-refractivity contribution in [3.8, 4) is 11.5 Å². The molecule has 1 aliphatic rings. The predicted molar refractivity (Wildman–Crippen MR) is 137 cm³/mol. The van der Waals surface area contributed by atoms with Gasteiger partial charge in [0.05, 0.1) is 31.5 Å². The van der Waals surface area contributed by atoms with Crippen LogP contribution in [0.15, 0.2) is 70.1 Å². The van der Waals surface area contributed by atoms with E-state index in [0.29, 0.717) is 60.4 Å². The van der Waals surface area contributed by atoms with Crippen LogP contribution in [-0.4, -0.2) is 50.6 Å². The van der Waals surface area contributed by atoms with Crippen molar-refractivity contribution in [1.29, 1.82) is 0 Å². The van der Waals surface area contributed by atoms with Crippen LogP contribution < -0.4 is 15.0 Å². The lowest BCUT2D eigenvalue weighted by molar-refractivity contribution is 0.163. The van der Waals surface area contributed by atoms with Crippen molar-refractivity contribution < 1.29 is 23.0 Å². The lowest BCUT2D eigenvalue weighted by atomic mass is 10.0. The first kappa shape index (κ1) is 24.8. The van der Waals surface area contributed by atoms with Gasteiger partial charge in [-0.05, 0) is 52.4 Å². The highest BCUT2D eigenvalue weighted by Gasteiger charge is 2.32. The summed E-state index contributed by atoms with van der Waals surface area (Å²) >= 11 is 0. The topological polar surface area (TPSA) is 121 Å². The SMILES string of the molecule is COCCn1nnnc1C(c1cc2cc3c(cc2[nH]c1=O)OCO3)N(Cc1ccc(F)cc1)Cc1ccco1. The Morgan fingerprint density at radius 2 is 1.95 bits per heavy atom. The summed E-state index contributed by atoms with van der Waals surface area (Å²) in [5.74, 6) is 1.97. The van der Waals surface area contributed by atoms with Crippen molar-refractivity contribution in [2.45, 2.75) is 25.7 Å². The van der Waals surface area contributed by atoms with Crippen LogP contribution in [0.5, 0.6) is 11.5 Å². The molecule has 1 atom stereocenters. The molecule has 0 radical (unpaired) electrons. The number of hydrogen-bond acceptors (Lipinski definition) is 9. The van der Waals surface area contributed by atoms with Gasteiger partial charge in [-0.15, -0.1) is 5.10 Å². The normalized spacial score (nSPS) is 13.4. The predicted octanol–water partition coefficient (Wildman–Crippen LogP) is 3.41. The van der Waals surface area contributed by atoms with Gasteiger partial charge in [0.1, 0.15) is 17.6 Å². The van der Waals surface area contributed by atoms with E-state index >= 15 is 0 Å². The molecule has 6 rings (SSSR count). The summed E-state index contributed by atoms with van der Waals surface area (Å²) in [6.45, 7) is 1.55. The first-order valence-electron chi connectivity index (χ1n) is 12.3. The molecule has 0 saturated carbocycles. The molecule has 0 amide bonds. The molecule has 4 heterocycles. The first-order chi connectivity index (χ1) is 19.1. The fourth-order valence-electron chi connectivity index (χ4n) is 4.73. The molecule has 0 fully saturated rings. The number of methoxy groups -OCH3 is 1. The number of ether oxygens (including phenoxy) is 3. The van der Waals surface area contributed by atoms with Crippen molar-refractivity contribution in [3.63, 3.8) is 0 Å². The minimum absolute atomic E-state index is 0.119. The van der Waals surface area contributed by atoms with E-state index in [1.54, 1.807) is 42.3 Å². The number of hydrogen-bond donors (Lipinski definition) is 1. The number of H-pyrrole nitrogens is 1. The molecule has 2 aromatic carbocycles. The minimum atomic E-state index is -0.703. The quantitative estimate of drug-likeness (QED) is 0.288. The van der Waals surface area contributed by atoms with Gasteiger partial charge in [-0.2, -0.15) is 0 Å². The monoisotopic (exact) mass is 532 g/mol.